The summed E-state index contributed by atoms with van der Waals surface area (Å²) in [6.07, 6.45) is 7.94. The highest BCUT2D eigenvalue weighted by Crippen LogP contribution is 2.47. The number of anilines is 2. The van der Waals surface area contributed by atoms with Crippen LogP contribution in [0.15, 0.2) is 126 Å². The first kappa shape index (κ1) is 26.5. The maximum atomic E-state index is 5.14. The lowest BCUT2D eigenvalue weighted by Crippen LogP contribution is -2.29. The van der Waals surface area contributed by atoms with Gasteiger partial charge in [-0.15, -0.1) is 0 Å². The van der Waals surface area contributed by atoms with Gasteiger partial charge in [0.2, 0.25) is 0 Å². The summed E-state index contributed by atoms with van der Waals surface area (Å²) >= 11 is 0. The van der Waals surface area contributed by atoms with E-state index in [2.05, 4.69) is 77.9 Å². The molecule has 0 radical (unpaired) electrons. The van der Waals surface area contributed by atoms with E-state index in [1.807, 2.05) is 73.1 Å². The zero-order chi connectivity index (χ0) is 30.8. The highest BCUT2D eigenvalue weighted by Gasteiger charge is 2.39. The molecule has 0 saturated heterocycles. The Kier molecular flexibility index (Phi) is 5.93. The molecule has 220 valence electrons. The van der Waals surface area contributed by atoms with Crippen LogP contribution in [0, 0.1) is 13.8 Å². The van der Waals surface area contributed by atoms with Gasteiger partial charge in [-0.2, -0.15) is 0 Å². The molecule has 0 bridgehead atoms. The van der Waals surface area contributed by atoms with Crippen molar-refractivity contribution in [2.45, 2.75) is 25.9 Å². The first-order chi connectivity index (χ1) is 22.6. The third kappa shape index (κ3) is 4.16. The second kappa shape index (κ2) is 10.3. The van der Waals surface area contributed by atoms with Gasteiger partial charge in [0.15, 0.2) is 0 Å². The van der Waals surface area contributed by atoms with Gasteiger partial charge in [-0.1, -0.05) is 53.6 Å². The Bertz CT molecular complexity index is 2380. The van der Waals surface area contributed by atoms with Crippen molar-refractivity contribution in [3.05, 3.63) is 138 Å². The molecule has 2 atom stereocenters. The van der Waals surface area contributed by atoms with E-state index in [9.17, 15) is 0 Å². The molecule has 2 aliphatic rings. The normalized spacial score (nSPS) is 16.7. The lowest BCUT2D eigenvalue weighted by Gasteiger charge is -2.27. The van der Waals surface area contributed by atoms with Crippen LogP contribution in [0.3, 0.4) is 0 Å². The molecule has 46 heavy (non-hydrogen) atoms. The van der Waals surface area contributed by atoms with Crippen LogP contribution in [0.5, 0.6) is 0 Å². The van der Waals surface area contributed by atoms with Crippen LogP contribution in [0.1, 0.15) is 22.6 Å². The van der Waals surface area contributed by atoms with E-state index >= 15 is 0 Å². The van der Waals surface area contributed by atoms with Crippen molar-refractivity contribution < 1.29 is 0 Å². The van der Waals surface area contributed by atoms with Crippen molar-refractivity contribution in [1.82, 2.24) is 24.5 Å². The van der Waals surface area contributed by atoms with Gasteiger partial charge in [0, 0.05) is 34.8 Å². The van der Waals surface area contributed by atoms with Gasteiger partial charge < -0.3 is 4.90 Å². The van der Waals surface area contributed by atoms with Crippen molar-refractivity contribution in [1.29, 1.82) is 0 Å². The van der Waals surface area contributed by atoms with Gasteiger partial charge in [0.1, 0.15) is 23.4 Å². The molecule has 0 aliphatic carbocycles. The molecule has 0 spiro atoms. The lowest BCUT2D eigenvalue weighted by molar-refractivity contribution is 0.654. The van der Waals surface area contributed by atoms with Gasteiger partial charge in [-0.05, 0) is 92.2 Å². The van der Waals surface area contributed by atoms with Gasteiger partial charge >= 0.3 is 0 Å². The average Bonchev–Trinajstić information content (AvgIpc) is 3.60. The molecular weight excluding hydrogens is 566 g/mol. The Morgan fingerprint density at radius 1 is 0.630 bits per heavy atom. The predicted octanol–water partition coefficient (Wildman–Crippen LogP) is 8.52. The zero-order valence-electron chi connectivity index (χ0n) is 25.4. The number of hydrogen-bond acceptors (Lipinski definition) is 6. The van der Waals surface area contributed by atoms with Crippen LogP contribution in [0.4, 0.5) is 11.5 Å². The zero-order valence-corrected chi connectivity index (χ0v) is 25.4. The van der Waals surface area contributed by atoms with Crippen molar-refractivity contribution in [2.24, 2.45) is 4.99 Å². The Morgan fingerprint density at radius 3 is 2.15 bits per heavy atom. The first-order valence-electron chi connectivity index (χ1n) is 15.5. The molecule has 7 heterocycles. The smallest absolute Gasteiger partial charge is 0.146 e. The van der Waals surface area contributed by atoms with E-state index in [0.717, 1.165) is 56.6 Å². The molecule has 7 aromatic rings. The van der Waals surface area contributed by atoms with Crippen LogP contribution in [0.25, 0.3) is 50.5 Å². The molecule has 2 aromatic carbocycles. The SMILES string of the molecule is Cc1ccc2c(c1)C1C=CC=NC1N2c1cccc(-c2cccc(-c3cccc(-n4c5ccc(C)cc5c5cccnc54)n3)n2)n1. The molecule has 0 N–H and O–H groups in total. The number of benzene rings is 2. The van der Waals surface area contributed by atoms with Crippen LogP contribution in [0.2, 0.25) is 0 Å². The summed E-state index contributed by atoms with van der Waals surface area (Å²) < 4.78 is 2.13. The van der Waals surface area contributed by atoms with E-state index in [4.69, 9.17) is 24.9 Å². The Labute approximate surface area is 266 Å². The molecule has 2 unspecified atom stereocenters. The van der Waals surface area contributed by atoms with Gasteiger partial charge in [0.25, 0.3) is 0 Å². The standard InChI is InChI=1S/C39H29N7/c1-24-16-18-34-28(22-24)26-8-6-20-40-38(26)45(34)36-14-4-12-32(43-36)30-10-3-11-31(42-30)33-13-5-15-37(44-33)46-35-19-17-25(2)23-29(35)27-9-7-21-41-39(27)46/h3-23,26,38H,1-2H3. The Hall–Kier alpha value is -5.95. The summed E-state index contributed by atoms with van der Waals surface area (Å²) in [6, 6.07) is 35.4. The van der Waals surface area contributed by atoms with Crippen LogP contribution < -0.4 is 4.90 Å². The van der Waals surface area contributed by atoms with E-state index in [1.54, 1.807) is 0 Å². The quantitative estimate of drug-likeness (QED) is 0.204. The number of dihydropyridines is 1. The fourth-order valence-electron chi connectivity index (χ4n) is 6.86. The summed E-state index contributed by atoms with van der Waals surface area (Å²) in [5.74, 6) is 1.84. The Balaban J connectivity index is 1.11. The topological polar surface area (TPSA) is 72.1 Å². The fraction of sp³-hybridized carbons (Fsp3) is 0.103. The van der Waals surface area contributed by atoms with Gasteiger partial charge in [-0.25, -0.2) is 19.9 Å². The van der Waals surface area contributed by atoms with Crippen molar-refractivity contribution >= 4 is 39.7 Å². The molecule has 5 aromatic heterocycles. The van der Waals surface area contributed by atoms with Crippen molar-refractivity contribution in [3.8, 4) is 28.6 Å². The van der Waals surface area contributed by atoms with Crippen LogP contribution >= 0.6 is 0 Å². The number of allylic oxidation sites excluding steroid dienone is 1. The highest BCUT2D eigenvalue weighted by molar-refractivity contribution is 6.07. The first-order valence-corrected chi connectivity index (χ1v) is 15.5. The number of nitrogens with zero attached hydrogens (tertiary/aromatic N) is 7. The van der Waals surface area contributed by atoms with Gasteiger partial charge in [0.05, 0.1) is 28.3 Å². The largest absolute Gasteiger partial charge is 0.302 e. The summed E-state index contributed by atoms with van der Waals surface area (Å²) in [5.41, 5.74) is 9.98. The van der Waals surface area contributed by atoms with Crippen LogP contribution in [-0.2, 0) is 0 Å². The summed E-state index contributed by atoms with van der Waals surface area (Å²) in [4.78, 5) is 27.2. The van der Waals surface area contributed by atoms with E-state index < -0.39 is 0 Å². The number of aliphatic imine (C=N–C) groups is 1. The minimum absolute atomic E-state index is 0.0602. The third-order valence-electron chi connectivity index (χ3n) is 8.93. The summed E-state index contributed by atoms with van der Waals surface area (Å²) in [6.45, 7) is 4.25. The van der Waals surface area contributed by atoms with E-state index in [0.29, 0.717) is 0 Å². The number of pyridine rings is 4. The lowest BCUT2D eigenvalue weighted by atomic mass is 9.96. The molecule has 0 amide bonds. The second-order valence-corrected chi connectivity index (χ2v) is 12.0. The molecule has 7 heteroatoms. The van der Waals surface area contributed by atoms with Crippen LogP contribution in [-0.4, -0.2) is 36.9 Å². The number of rotatable bonds is 4. The summed E-state index contributed by atoms with van der Waals surface area (Å²) in [7, 11) is 0. The maximum absolute atomic E-state index is 5.14. The minimum atomic E-state index is -0.0602. The number of fused-ring (bicyclic) bond motifs is 6. The molecule has 2 aliphatic heterocycles. The van der Waals surface area contributed by atoms with Crippen molar-refractivity contribution in [3.63, 3.8) is 0 Å². The highest BCUT2D eigenvalue weighted by atomic mass is 15.3. The number of aryl methyl sites for hydroxylation is 2. The number of aromatic nitrogens is 5. The fourth-order valence-corrected chi connectivity index (χ4v) is 6.86. The third-order valence-corrected chi connectivity index (χ3v) is 8.93. The minimum Gasteiger partial charge on any atom is -0.302 e. The second-order valence-electron chi connectivity index (χ2n) is 12.0. The maximum Gasteiger partial charge on any atom is 0.146 e. The summed E-state index contributed by atoms with van der Waals surface area (Å²) in [5, 5.41) is 2.27. The molecule has 0 fully saturated rings. The number of hydrogen-bond donors (Lipinski definition) is 0. The predicted molar refractivity (Wildman–Crippen MR) is 185 cm³/mol. The average molecular weight is 596 g/mol. The molecule has 0 saturated carbocycles. The van der Waals surface area contributed by atoms with E-state index in [1.165, 1.54) is 22.1 Å². The van der Waals surface area contributed by atoms with E-state index in [-0.39, 0.29) is 12.1 Å². The molecule has 9 rings (SSSR count). The molecule has 7 nitrogen and oxygen atoms in total. The molecular formula is C39H29N7. The van der Waals surface area contributed by atoms with Gasteiger partial charge in [-0.3, -0.25) is 9.56 Å². The Morgan fingerprint density at radius 2 is 1.33 bits per heavy atom. The van der Waals surface area contributed by atoms with Crippen molar-refractivity contribution in [2.75, 3.05) is 4.90 Å². The monoisotopic (exact) mass is 595 g/mol.